The fourth-order valence-corrected chi connectivity index (χ4v) is 3.15. The molecule has 3 rings (SSSR count). The summed E-state index contributed by atoms with van der Waals surface area (Å²) in [4.78, 5) is 14.6. The summed E-state index contributed by atoms with van der Waals surface area (Å²) in [6.07, 6.45) is -4.68. The van der Waals surface area contributed by atoms with Crippen molar-refractivity contribution < 1.29 is 27.1 Å². The molecule has 0 bridgehead atoms. The number of ether oxygens (including phenoxy) is 1. The molecule has 144 valence electrons. The quantitative estimate of drug-likeness (QED) is 0.702. The van der Waals surface area contributed by atoms with Gasteiger partial charge in [0.15, 0.2) is 0 Å². The summed E-state index contributed by atoms with van der Waals surface area (Å²) in [5.41, 5.74) is -0.313. The van der Waals surface area contributed by atoms with E-state index in [1.54, 1.807) is 4.90 Å². The van der Waals surface area contributed by atoms with Crippen LogP contribution in [0.2, 0.25) is 0 Å². The van der Waals surface area contributed by atoms with Crippen LogP contribution in [0.3, 0.4) is 0 Å². The van der Waals surface area contributed by atoms with Crippen LogP contribution in [-0.2, 0) is 10.9 Å². The zero-order chi connectivity index (χ0) is 19.8. The zero-order valence-corrected chi connectivity index (χ0v) is 14.9. The van der Waals surface area contributed by atoms with Crippen molar-refractivity contribution >= 4 is 5.91 Å². The monoisotopic (exact) mass is 381 g/mol. The Morgan fingerprint density at radius 3 is 2.59 bits per heavy atom. The molecular weight excluding hydrogens is 362 g/mol. The van der Waals surface area contributed by atoms with Crippen LogP contribution in [0.15, 0.2) is 42.5 Å². The number of nitrogens with zero attached hydrogens (tertiary/aromatic N) is 1. The van der Waals surface area contributed by atoms with Gasteiger partial charge in [0, 0.05) is 6.54 Å². The molecule has 3 nitrogen and oxygen atoms in total. The van der Waals surface area contributed by atoms with Crippen molar-refractivity contribution in [1.82, 2.24) is 4.90 Å². The summed E-state index contributed by atoms with van der Waals surface area (Å²) < 4.78 is 58.5. The van der Waals surface area contributed by atoms with Gasteiger partial charge in [0.1, 0.15) is 5.82 Å². The molecule has 0 N–H and O–H groups in total. The lowest BCUT2D eigenvalue weighted by Gasteiger charge is -2.37. The molecule has 2 atom stereocenters. The van der Waals surface area contributed by atoms with E-state index < -0.39 is 23.5 Å². The second-order valence-electron chi connectivity index (χ2n) is 6.72. The average molecular weight is 381 g/mol. The van der Waals surface area contributed by atoms with Crippen molar-refractivity contribution in [2.75, 3.05) is 13.2 Å². The lowest BCUT2D eigenvalue weighted by atomic mass is 9.96. The molecule has 1 aliphatic rings. The maximum Gasteiger partial charge on any atom is 0.416 e. The van der Waals surface area contributed by atoms with E-state index in [0.29, 0.717) is 13.2 Å². The minimum absolute atomic E-state index is 0.0373. The van der Waals surface area contributed by atoms with E-state index >= 15 is 0 Å². The predicted molar refractivity (Wildman–Crippen MR) is 92.8 cm³/mol. The predicted octanol–water partition coefficient (Wildman–Crippen LogP) is 4.76. The molecule has 2 unspecified atom stereocenters. The van der Waals surface area contributed by atoms with Gasteiger partial charge in [-0.25, -0.2) is 4.39 Å². The second kappa shape index (κ2) is 7.31. The van der Waals surface area contributed by atoms with Crippen LogP contribution in [0.5, 0.6) is 0 Å². The molecule has 2 aromatic rings. The van der Waals surface area contributed by atoms with Gasteiger partial charge in [0.2, 0.25) is 0 Å². The molecule has 0 aliphatic carbocycles. The summed E-state index contributed by atoms with van der Waals surface area (Å²) >= 11 is 0. The number of alkyl halides is 3. The first kappa shape index (κ1) is 19.4. The number of amides is 1. The van der Waals surface area contributed by atoms with Crippen LogP contribution in [-0.4, -0.2) is 36.1 Å². The molecule has 0 radical (unpaired) electrons. The van der Waals surface area contributed by atoms with Gasteiger partial charge in [0.05, 0.1) is 29.9 Å². The van der Waals surface area contributed by atoms with E-state index in [0.717, 1.165) is 24.3 Å². The number of halogens is 4. The molecule has 1 heterocycles. The van der Waals surface area contributed by atoms with Crippen molar-refractivity contribution in [3.63, 3.8) is 0 Å². The highest BCUT2D eigenvalue weighted by atomic mass is 19.4. The van der Waals surface area contributed by atoms with Gasteiger partial charge in [-0.05, 0) is 49.2 Å². The van der Waals surface area contributed by atoms with Gasteiger partial charge in [-0.3, -0.25) is 4.79 Å². The fraction of sp³-hybridized carbons (Fsp3) is 0.350. The molecule has 1 fully saturated rings. The Balaban J connectivity index is 2.05. The second-order valence-corrected chi connectivity index (χ2v) is 6.72. The summed E-state index contributed by atoms with van der Waals surface area (Å²) in [7, 11) is 0. The Kier molecular flexibility index (Phi) is 5.24. The van der Waals surface area contributed by atoms with Crippen LogP contribution in [0, 0.1) is 5.82 Å². The van der Waals surface area contributed by atoms with Crippen LogP contribution in [0.25, 0.3) is 11.1 Å². The van der Waals surface area contributed by atoms with Gasteiger partial charge < -0.3 is 9.64 Å². The van der Waals surface area contributed by atoms with E-state index in [2.05, 4.69) is 0 Å². The van der Waals surface area contributed by atoms with Crippen molar-refractivity contribution in [3.05, 3.63) is 59.4 Å². The van der Waals surface area contributed by atoms with Crippen LogP contribution in [0.1, 0.15) is 29.8 Å². The normalized spacial score (nSPS) is 20.6. The van der Waals surface area contributed by atoms with Gasteiger partial charge >= 0.3 is 6.18 Å². The summed E-state index contributed by atoms with van der Waals surface area (Å²) in [5.74, 6) is -1.05. The first-order valence-electron chi connectivity index (χ1n) is 8.56. The molecule has 0 spiro atoms. The molecule has 1 amide bonds. The topological polar surface area (TPSA) is 29.5 Å². The Hall–Kier alpha value is -2.41. The highest BCUT2D eigenvalue weighted by Crippen LogP contribution is 2.34. The van der Waals surface area contributed by atoms with Gasteiger partial charge in [-0.2, -0.15) is 13.2 Å². The largest absolute Gasteiger partial charge is 0.416 e. The van der Waals surface area contributed by atoms with Crippen LogP contribution in [0.4, 0.5) is 17.6 Å². The van der Waals surface area contributed by atoms with Gasteiger partial charge in [0.25, 0.3) is 5.91 Å². The number of morpholine rings is 1. The Morgan fingerprint density at radius 1 is 1.15 bits per heavy atom. The molecule has 2 aromatic carbocycles. The first-order chi connectivity index (χ1) is 12.7. The number of benzene rings is 2. The third-order valence-electron chi connectivity index (χ3n) is 4.58. The van der Waals surface area contributed by atoms with Crippen LogP contribution < -0.4 is 0 Å². The lowest BCUT2D eigenvalue weighted by Crippen LogP contribution is -2.50. The highest BCUT2D eigenvalue weighted by Gasteiger charge is 2.32. The average Bonchev–Trinajstić information content (AvgIpc) is 2.62. The zero-order valence-electron chi connectivity index (χ0n) is 14.9. The maximum atomic E-state index is 13.9. The van der Waals surface area contributed by atoms with Crippen LogP contribution >= 0.6 is 0 Å². The third-order valence-corrected chi connectivity index (χ3v) is 4.58. The SMILES string of the molecule is CC1CN(C(=O)c2cc(F)ccc2-c2cccc(C(F)(F)F)c2)C(C)CO1. The smallest absolute Gasteiger partial charge is 0.375 e. The summed E-state index contributed by atoms with van der Waals surface area (Å²) in [5, 5.41) is 0. The number of hydrogen-bond donors (Lipinski definition) is 0. The minimum Gasteiger partial charge on any atom is -0.375 e. The molecule has 27 heavy (non-hydrogen) atoms. The van der Waals surface area contributed by atoms with Crippen molar-refractivity contribution in [3.8, 4) is 11.1 Å². The van der Waals surface area contributed by atoms with E-state index in [1.807, 2.05) is 13.8 Å². The maximum absolute atomic E-state index is 13.9. The highest BCUT2D eigenvalue weighted by molar-refractivity contribution is 6.01. The van der Waals surface area contributed by atoms with E-state index in [9.17, 15) is 22.4 Å². The standard InChI is InChI=1S/C20H19F4NO2/c1-12-11-27-13(2)10-25(12)19(26)18-9-16(21)6-7-17(18)14-4-3-5-15(8-14)20(22,23)24/h3-9,12-13H,10-11H2,1-2H3. The number of carbonyl (C=O) groups excluding carboxylic acids is 1. The lowest BCUT2D eigenvalue weighted by molar-refractivity contribution is -0.137. The first-order valence-corrected chi connectivity index (χ1v) is 8.56. The number of hydrogen-bond acceptors (Lipinski definition) is 2. The molecule has 1 aliphatic heterocycles. The molecule has 0 saturated carbocycles. The fourth-order valence-electron chi connectivity index (χ4n) is 3.15. The minimum atomic E-state index is -4.51. The third kappa shape index (κ3) is 4.13. The van der Waals surface area contributed by atoms with Gasteiger partial charge in [-0.1, -0.05) is 18.2 Å². The summed E-state index contributed by atoms with van der Waals surface area (Å²) in [6, 6.07) is 8.01. The Morgan fingerprint density at radius 2 is 1.89 bits per heavy atom. The van der Waals surface area contributed by atoms with Gasteiger partial charge in [-0.15, -0.1) is 0 Å². The summed E-state index contributed by atoms with van der Waals surface area (Å²) in [6.45, 7) is 4.32. The Labute approximate surface area is 154 Å². The van der Waals surface area contributed by atoms with E-state index in [1.165, 1.54) is 18.2 Å². The molecule has 1 saturated heterocycles. The van der Waals surface area contributed by atoms with E-state index in [4.69, 9.17) is 4.74 Å². The molecule has 0 aromatic heterocycles. The van der Waals surface area contributed by atoms with E-state index in [-0.39, 0.29) is 28.8 Å². The van der Waals surface area contributed by atoms with Crippen molar-refractivity contribution in [1.29, 1.82) is 0 Å². The molecule has 7 heteroatoms. The van der Waals surface area contributed by atoms with Crippen molar-refractivity contribution in [2.24, 2.45) is 0 Å². The number of rotatable bonds is 2. The van der Waals surface area contributed by atoms with Crippen molar-refractivity contribution in [2.45, 2.75) is 32.2 Å². The Bertz CT molecular complexity index is 850. The number of carbonyl (C=O) groups is 1. The molecular formula is C20H19F4NO2.